The van der Waals surface area contributed by atoms with Crippen LogP contribution in [0.2, 0.25) is 0 Å². The van der Waals surface area contributed by atoms with E-state index in [9.17, 15) is 4.79 Å². The first-order valence-electron chi connectivity index (χ1n) is 6.44. The molecular weight excluding hydrogens is 286 g/mol. The molecule has 0 bridgehead atoms. The van der Waals surface area contributed by atoms with Gasteiger partial charge >= 0.3 is 0 Å². The molecule has 21 heavy (non-hydrogen) atoms. The van der Waals surface area contributed by atoms with Gasteiger partial charge in [-0.2, -0.15) is 0 Å². The Morgan fingerprint density at radius 3 is 3.05 bits per heavy atom. The van der Waals surface area contributed by atoms with E-state index in [4.69, 9.17) is 5.11 Å². The average Bonchev–Trinajstić information content (AvgIpc) is 2.91. The van der Waals surface area contributed by atoms with Crippen LogP contribution in [0.15, 0.2) is 23.8 Å². The molecule has 108 valence electrons. The van der Waals surface area contributed by atoms with Crippen LogP contribution in [-0.4, -0.2) is 27.6 Å². The van der Waals surface area contributed by atoms with Crippen molar-refractivity contribution >= 4 is 17.2 Å². The van der Waals surface area contributed by atoms with E-state index in [1.807, 2.05) is 6.92 Å². The number of nitrogens with one attached hydrogen (secondary N) is 1. The van der Waals surface area contributed by atoms with Crippen LogP contribution in [0.1, 0.15) is 33.0 Å². The van der Waals surface area contributed by atoms with Crippen molar-refractivity contribution in [2.24, 2.45) is 0 Å². The number of thiazole rings is 1. The molecule has 0 fully saturated rings. The maximum Gasteiger partial charge on any atom is 0.271 e. The minimum Gasteiger partial charge on any atom is -0.395 e. The van der Waals surface area contributed by atoms with Crippen LogP contribution in [0.25, 0.3) is 0 Å². The number of aliphatic hydroxyl groups is 1. The van der Waals surface area contributed by atoms with Crippen molar-refractivity contribution in [1.29, 1.82) is 0 Å². The Labute approximate surface area is 127 Å². The number of aryl methyl sites for hydroxylation is 1. The number of rotatable bonds is 4. The smallest absolute Gasteiger partial charge is 0.271 e. The van der Waals surface area contributed by atoms with E-state index in [0.717, 1.165) is 10.6 Å². The number of aliphatic hydroxyl groups excluding tert-OH is 1. The molecule has 0 aliphatic heterocycles. The molecule has 0 radical (unpaired) electrons. The molecule has 2 rings (SSSR count). The Balaban J connectivity index is 2.09. The van der Waals surface area contributed by atoms with Crippen LogP contribution in [0.4, 0.5) is 0 Å². The number of hydrogen-bond donors (Lipinski definition) is 2. The van der Waals surface area contributed by atoms with Gasteiger partial charge in [-0.25, -0.2) is 9.97 Å². The first-order chi connectivity index (χ1) is 10.2. The monoisotopic (exact) mass is 301 g/mol. The molecule has 0 spiro atoms. The zero-order valence-corrected chi connectivity index (χ0v) is 12.4. The van der Waals surface area contributed by atoms with Gasteiger partial charge in [0.15, 0.2) is 0 Å². The highest BCUT2D eigenvalue weighted by atomic mass is 32.1. The Morgan fingerprint density at radius 1 is 1.48 bits per heavy atom. The van der Waals surface area contributed by atoms with E-state index in [0.29, 0.717) is 24.2 Å². The van der Waals surface area contributed by atoms with Gasteiger partial charge < -0.3 is 10.4 Å². The van der Waals surface area contributed by atoms with Crippen LogP contribution in [-0.2, 0) is 6.54 Å². The fraction of sp³-hybridized carbons (Fsp3) is 0.267. The summed E-state index contributed by atoms with van der Waals surface area (Å²) < 4.78 is 0. The summed E-state index contributed by atoms with van der Waals surface area (Å²) in [7, 11) is 0. The number of pyridine rings is 1. The van der Waals surface area contributed by atoms with E-state index in [-0.39, 0.29) is 12.5 Å². The maximum atomic E-state index is 12.2. The van der Waals surface area contributed by atoms with Gasteiger partial charge in [0.1, 0.15) is 5.69 Å². The average molecular weight is 301 g/mol. The molecule has 0 aliphatic carbocycles. The van der Waals surface area contributed by atoms with Gasteiger partial charge in [-0.15, -0.1) is 11.3 Å². The summed E-state index contributed by atoms with van der Waals surface area (Å²) in [6, 6.07) is 3.47. The van der Waals surface area contributed by atoms with E-state index < -0.39 is 0 Å². The quantitative estimate of drug-likeness (QED) is 0.839. The van der Waals surface area contributed by atoms with Gasteiger partial charge in [0.05, 0.1) is 29.9 Å². The highest BCUT2D eigenvalue weighted by Crippen LogP contribution is 2.12. The van der Waals surface area contributed by atoms with E-state index >= 15 is 0 Å². The lowest BCUT2D eigenvalue weighted by Gasteiger charge is -2.05. The number of carbonyl (C=O) groups is 1. The normalized spacial score (nSPS) is 9.81. The van der Waals surface area contributed by atoms with Gasteiger partial charge in [-0.05, 0) is 19.1 Å². The van der Waals surface area contributed by atoms with Gasteiger partial charge in [-0.3, -0.25) is 4.79 Å². The second-order valence-electron chi connectivity index (χ2n) is 4.22. The summed E-state index contributed by atoms with van der Waals surface area (Å²) in [6.07, 6.45) is 1.93. The van der Waals surface area contributed by atoms with Gasteiger partial charge in [0, 0.05) is 17.5 Å². The third-order valence-corrected chi connectivity index (χ3v) is 3.67. The van der Waals surface area contributed by atoms with Crippen molar-refractivity contribution in [1.82, 2.24) is 15.3 Å². The summed E-state index contributed by atoms with van der Waals surface area (Å²) in [4.78, 5) is 21.4. The molecule has 1 amide bonds. The number of amides is 1. The van der Waals surface area contributed by atoms with Crippen molar-refractivity contribution < 1.29 is 9.90 Å². The molecular formula is C15H15N3O2S. The highest BCUT2D eigenvalue weighted by Gasteiger charge is 2.12. The zero-order chi connectivity index (χ0) is 15.1. The van der Waals surface area contributed by atoms with Crippen LogP contribution in [0.5, 0.6) is 0 Å². The van der Waals surface area contributed by atoms with E-state index in [2.05, 4.69) is 27.1 Å². The van der Waals surface area contributed by atoms with Crippen LogP contribution in [0.3, 0.4) is 0 Å². The lowest BCUT2D eigenvalue weighted by Crippen LogP contribution is -2.24. The molecule has 5 nitrogen and oxygen atoms in total. The molecule has 2 aromatic heterocycles. The summed E-state index contributed by atoms with van der Waals surface area (Å²) in [5.41, 5.74) is 3.53. The number of carbonyl (C=O) groups excluding carboxylic acids is 1. The Morgan fingerprint density at radius 2 is 2.33 bits per heavy atom. The summed E-state index contributed by atoms with van der Waals surface area (Å²) >= 11 is 1.51. The fourth-order valence-electron chi connectivity index (χ4n) is 1.64. The van der Waals surface area contributed by atoms with Gasteiger partial charge in [0.25, 0.3) is 5.91 Å². The summed E-state index contributed by atoms with van der Waals surface area (Å²) in [6.45, 7) is 2.33. The molecule has 2 N–H and O–H groups in total. The summed E-state index contributed by atoms with van der Waals surface area (Å²) in [5.74, 6) is 5.39. The molecule has 0 saturated carbocycles. The molecule has 0 aliphatic rings. The Kier molecular flexibility index (Phi) is 5.43. The maximum absolute atomic E-state index is 12.2. The third kappa shape index (κ3) is 4.12. The molecule has 6 heteroatoms. The Hall–Kier alpha value is -2.23. The van der Waals surface area contributed by atoms with Gasteiger partial charge in [0.2, 0.25) is 0 Å². The molecule has 2 heterocycles. The van der Waals surface area contributed by atoms with Crippen LogP contribution >= 0.6 is 11.3 Å². The van der Waals surface area contributed by atoms with Gasteiger partial charge in [-0.1, -0.05) is 11.8 Å². The highest BCUT2D eigenvalue weighted by molar-refractivity contribution is 7.09. The van der Waals surface area contributed by atoms with Crippen LogP contribution < -0.4 is 5.32 Å². The fourth-order valence-corrected chi connectivity index (χ4v) is 2.36. The number of aromatic nitrogens is 2. The van der Waals surface area contributed by atoms with Crippen molar-refractivity contribution in [3.8, 4) is 11.8 Å². The molecule has 0 unspecified atom stereocenters. The topological polar surface area (TPSA) is 75.1 Å². The van der Waals surface area contributed by atoms with Crippen molar-refractivity contribution in [2.75, 3.05) is 6.61 Å². The Bertz CT molecular complexity index is 685. The first kappa shape index (κ1) is 15.2. The molecule has 2 aromatic rings. The second kappa shape index (κ2) is 7.53. The van der Waals surface area contributed by atoms with Crippen molar-refractivity contribution in [3.63, 3.8) is 0 Å². The zero-order valence-electron chi connectivity index (χ0n) is 11.6. The molecule has 0 aromatic carbocycles. The SMILES string of the molecule is Cc1ncsc1CNC(=O)c1ncccc1C#CCCO. The lowest BCUT2D eigenvalue weighted by molar-refractivity contribution is 0.0946. The van der Waals surface area contributed by atoms with E-state index in [1.165, 1.54) is 11.3 Å². The lowest BCUT2D eigenvalue weighted by atomic mass is 10.2. The summed E-state index contributed by atoms with van der Waals surface area (Å²) in [5, 5.41) is 11.6. The van der Waals surface area contributed by atoms with Crippen molar-refractivity contribution in [3.05, 3.63) is 45.7 Å². The second-order valence-corrected chi connectivity index (χ2v) is 5.16. The predicted molar refractivity (Wildman–Crippen MR) is 80.8 cm³/mol. The molecule has 0 saturated heterocycles. The van der Waals surface area contributed by atoms with E-state index in [1.54, 1.807) is 23.8 Å². The standard InChI is InChI=1S/C15H15N3O2S/c1-11-13(21-10-18-11)9-17-15(20)14-12(5-2-3-8-19)6-4-7-16-14/h4,6-7,10,19H,3,8-9H2,1H3,(H,17,20). The van der Waals surface area contributed by atoms with Crippen molar-refractivity contribution in [2.45, 2.75) is 19.9 Å². The number of nitrogens with zero attached hydrogens (tertiary/aromatic N) is 2. The molecule has 0 atom stereocenters. The largest absolute Gasteiger partial charge is 0.395 e. The minimum atomic E-state index is -0.267. The third-order valence-electron chi connectivity index (χ3n) is 2.74. The first-order valence-corrected chi connectivity index (χ1v) is 7.32. The van der Waals surface area contributed by atoms with Crippen LogP contribution in [0, 0.1) is 18.8 Å². The predicted octanol–water partition coefficient (Wildman–Crippen LogP) is 1.51. The minimum absolute atomic E-state index is 0.000549. The number of hydrogen-bond acceptors (Lipinski definition) is 5.